The Morgan fingerprint density at radius 3 is 2.86 bits per heavy atom. The third-order valence-corrected chi connectivity index (χ3v) is 5.10. The molecule has 0 spiro atoms. The molecule has 4 nitrogen and oxygen atoms in total. The van der Waals surface area contributed by atoms with Crippen LogP contribution in [-0.4, -0.2) is 30.2 Å². The number of carbonyl (C=O) groups excluding carboxylic acids is 1. The molecule has 1 aliphatic carbocycles. The number of likely N-dealkylation sites (N-methyl/N-ethyl adjacent to an activating group) is 1. The number of hydrogen-bond acceptors (Lipinski definition) is 4. The highest BCUT2D eigenvalue weighted by Gasteiger charge is 2.34. The number of thiophene rings is 1. The summed E-state index contributed by atoms with van der Waals surface area (Å²) >= 11 is 1.64. The van der Waals surface area contributed by atoms with Crippen molar-refractivity contribution in [2.24, 2.45) is 0 Å². The van der Waals surface area contributed by atoms with Gasteiger partial charge < -0.3 is 15.7 Å². The summed E-state index contributed by atoms with van der Waals surface area (Å²) in [5, 5.41) is 18.2. The minimum absolute atomic E-state index is 0.0746. The Bertz CT molecular complexity index is 641. The van der Waals surface area contributed by atoms with Gasteiger partial charge in [-0.25, -0.2) is 0 Å². The van der Waals surface area contributed by atoms with E-state index in [9.17, 15) is 9.90 Å². The highest BCUT2D eigenvalue weighted by Crippen LogP contribution is 2.35. The van der Waals surface area contributed by atoms with Crippen LogP contribution in [0.4, 0.5) is 0 Å². The van der Waals surface area contributed by atoms with Gasteiger partial charge in [0.1, 0.15) is 0 Å². The van der Waals surface area contributed by atoms with E-state index in [0.29, 0.717) is 12.8 Å². The van der Waals surface area contributed by atoms with Crippen LogP contribution in [0.1, 0.15) is 22.0 Å². The Morgan fingerprint density at radius 2 is 2.14 bits per heavy atom. The molecule has 1 aromatic carbocycles. The van der Waals surface area contributed by atoms with Crippen LogP contribution in [0.25, 0.3) is 0 Å². The molecule has 22 heavy (non-hydrogen) atoms. The Hall–Kier alpha value is -1.69. The van der Waals surface area contributed by atoms with Crippen molar-refractivity contribution < 1.29 is 9.90 Å². The number of rotatable bonds is 5. The molecule has 1 aliphatic rings. The average Bonchev–Trinajstić information content (AvgIpc) is 3.08. The quantitative estimate of drug-likeness (QED) is 0.786. The van der Waals surface area contributed by atoms with E-state index in [1.165, 1.54) is 4.88 Å². The average molecular weight is 316 g/mol. The van der Waals surface area contributed by atoms with Crippen molar-refractivity contribution in [3.8, 4) is 0 Å². The van der Waals surface area contributed by atoms with Gasteiger partial charge in [-0.1, -0.05) is 30.3 Å². The molecule has 2 unspecified atom stereocenters. The molecule has 5 heteroatoms. The molecule has 0 saturated heterocycles. The van der Waals surface area contributed by atoms with Crippen LogP contribution in [0.2, 0.25) is 0 Å². The van der Waals surface area contributed by atoms with E-state index in [2.05, 4.69) is 10.6 Å². The molecule has 0 bridgehead atoms. The molecular formula is C17H20N2O2S. The van der Waals surface area contributed by atoms with Crippen molar-refractivity contribution in [1.29, 1.82) is 0 Å². The number of aliphatic hydroxyl groups excluding tert-OH is 1. The lowest BCUT2D eigenvalue weighted by molar-refractivity contribution is -0.124. The molecule has 0 radical (unpaired) electrons. The predicted molar refractivity (Wildman–Crippen MR) is 87.9 cm³/mol. The zero-order chi connectivity index (χ0) is 15.5. The topological polar surface area (TPSA) is 61.4 Å². The lowest BCUT2D eigenvalue weighted by Crippen LogP contribution is -2.46. The lowest BCUT2D eigenvalue weighted by Gasteiger charge is -2.22. The fourth-order valence-corrected chi connectivity index (χ4v) is 3.89. The minimum Gasteiger partial charge on any atom is -0.390 e. The van der Waals surface area contributed by atoms with Gasteiger partial charge in [0.2, 0.25) is 5.91 Å². The van der Waals surface area contributed by atoms with E-state index in [1.807, 2.05) is 41.8 Å². The van der Waals surface area contributed by atoms with Crippen LogP contribution in [0.5, 0.6) is 0 Å². The van der Waals surface area contributed by atoms with E-state index in [-0.39, 0.29) is 18.0 Å². The van der Waals surface area contributed by atoms with Gasteiger partial charge in [-0.3, -0.25) is 4.79 Å². The molecule has 1 amide bonds. The molecule has 3 rings (SSSR count). The molecule has 3 atom stereocenters. The molecule has 116 valence electrons. The summed E-state index contributed by atoms with van der Waals surface area (Å²) < 4.78 is 0. The number of nitrogens with one attached hydrogen (secondary N) is 2. The third-order valence-electron chi connectivity index (χ3n) is 4.14. The summed E-state index contributed by atoms with van der Waals surface area (Å²) in [5.41, 5.74) is 2.17. The van der Waals surface area contributed by atoms with Gasteiger partial charge in [-0.15, -0.1) is 11.3 Å². The molecule has 1 aromatic heterocycles. The van der Waals surface area contributed by atoms with Gasteiger partial charge in [-0.05, 0) is 36.0 Å². The predicted octanol–water partition coefficient (Wildman–Crippen LogP) is 1.65. The van der Waals surface area contributed by atoms with E-state index < -0.39 is 6.10 Å². The van der Waals surface area contributed by atoms with Crippen molar-refractivity contribution in [3.05, 3.63) is 57.8 Å². The van der Waals surface area contributed by atoms with Crippen LogP contribution in [0.3, 0.4) is 0 Å². The molecule has 1 heterocycles. The second-order valence-electron chi connectivity index (χ2n) is 5.59. The van der Waals surface area contributed by atoms with Gasteiger partial charge in [0.05, 0.1) is 18.2 Å². The molecule has 3 N–H and O–H groups in total. The maximum atomic E-state index is 12.5. The van der Waals surface area contributed by atoms with E-state index in [4.69, 9.17) is 0 Å². The Morgan fingerprint density at radius 1 is 1.36 bits per heavy atom. The summed E-state index contributed by atoms with van der Waals surface area (Å²) in [5.74, 6) is -0.0746. The van der Waals surface area contributed by atoms with E-state index in [1.54, 1.807) is 18.4 Å². The van der Waals surface area contributed by atoms with E-state index in [0.717, 1.165) is 11.1 Å². The van der Waals surface area contributed by atoms with Crippen molar-refractivity contribution in [2.75, 3.05) is 7.05 Å². The second-order valence-corrected chi connectivity index (χ2v) is 6.59. The van der Waals surface area contributed by atoms with Crippen molar-refractivity contribution >= 4 is 17.2 Å². The van der Waals surface area contributed by atoms with E-state index >= 15 is 0 Å². The molecule has 0 fully saturated rings. The molecule has 0 saturated carbocycles. The van der Waals surface area contributed by atoms with Gasteiger partial charge in [0, 0.05) is 11.3 Å². The Kier molecular flexibility index (Phi) is 4.57. The normalized spacial score (nSPS) is 21.4. The highest BCUT2D eigenvalue weighted by molar-refractivity contribution is 7.10. The van der Waals surface area contributed by atoms with Crippen molar-refractivity contribution in [2.45, 2.75) is 31.0 Å². The minimum atomic E-state index is -0.527. The van der Waals surface area contributed by atoms with Gasteiger partial charge >= 0.3 is 0 Å². The summed E-state index contributed by atoms with van der Waals surface area (Å²) in [6.45, 7) is 0. The smallest absolute Gasteiger partial charge is 0.238 e. The van der Waals surface area contributed by atoms with Gasteiger partial charge in [-0.2, -0.15) is 0 Å². The Labute approximate surface area is 134 Å². The number of aliphatic hydroxyl groups is 1. The fourth-order valence-electron chi connectivity index (χ4n) is 2.91. The van der Waals surface area contributed by atoms with Gasteiger partial charge in [0.15, 0.2) is 0 Å². The number of hydrogen-bond donors (Lipinski definition) is 3. The first kappa shape index (κ1) is 15.2. The van der Waals surface area contributed by atoms with Crippen LogP contribution < -0.4 is 10.6 Å². The largest absolute Gasteiger partial charge is 0.390 e. The standard InChI is InChI=1S/C17H20N2O2S/c1-18-13(9-11-5-3-2-4-6-11)17(21)19-16-12-7-8-22-15(12)10-14(16)20/h2-8,13-14,16,18,20H,9-10H2,1H3,(H,19,21)/t13-,14?,16?/m0/s1. The first-order valence-electron chi connectivity index (χ1n) is 7.45. The summed E-state index contributed by atoms with van der Waals surface area (Å²) in [6.07, 6.45) is 0.726. The summed E-state index contributed by atoms with van der Waals surface area (Å²) in [6, 6.07) is 11.3. The zero-order valence-electron chi connectivity index (χ0n) is 12.5. The zero-order valence-corrected chi connectivity index (χ0v) is 13.3. The Balaban J connectivity index is 1.68. The van der Waals surface area contributed by atoms with Crippen LogP contribution in [0.15, 0.2) is 41.8 Å². The maximum Gasteiger partial charge on any atom is 0.238 e. The number of carbonyl (C=O) groups is 1. The maximum absolute atomic E-state index is 12.5. The number of fused-ring (bicyclic) bond motifs is 1. The monoisotopic (exact) mass is 316 g/mol. The van der Waals surface area contributed by atoms with Crippen LogP contribution in [0, 0.1) is 0 Å². The fraction of sp³-hybridized carbons (Fsp3) is 0.353. The van der Waals surface area contributed by atoms with Gasteiger partial charge in [0.25, 0.3) is 0 Å². The van der Waals surface area contributed by atoms with Crippen LogP contribution in [-0.2, 0) is 17.6 Å². The number of benzene rings is 1. The van der Waals surface area contributed by atoms with Crippen molar-refractivity contribution in [3.63, 3.8) is 0 Å². The molecular weight excluding hydrogens is 296 g/mol. The first-order valence-corrected chi connectivity index (χ1v) is 8.33. The van der Waals surface area contributed by atoms with Crippen LogP contribution >= 0.6 is 11.3 Å². The second kappa shape index (κ2) is 6.60. The lowest BCUT2D eigenvalue weighted by atomic mass is 10.0. The number of amides is 1. The first-order chi connectivity index (χ1) is 10.7. The summed E-state index contributed by atoms with van der Waals surface area (Å²) in [4.78, 5) is 13.7. The third kappa shape index (κ3) is 3.06. The van der Waals surface area contributed by atoms with Crippen molar-refractivity contribution in [1.82, 2.24) is 10.6 Å². The molecule has 0 aliphatic heterocycles. The highest BCUT2D eigenvalue weighted by atomic mass is 32.1. The molecule has 2 aromatic rings. The summed E-state index contributed by atoms with van der Waals surface area (Å²) in [7, 11) is 1.79. The SMILES string of the molecule is CN[C@@H](Cc1ccccc1)C(=O)NC1c2ccsc2CC1O.